The Morgan fingerprint density at radius 3 is 1.84 bits per heavy atom. The lowest BCUT2D eigenvalue weighted by atomic mass is 9.86. The van der Waals surface area contributed by atoms with Crippen molar-refractivity contribution in [3.63, 3.8) is 0 Å². The van der Waals surface area contributed by atoms with Crippen LogP contribution in [0.1, 0.15) is 28.4 Å². The number of hydrogen-bond donors (Lipinski definition) is 2. The number of carbonyl (C=O) groups is 3. The van der Waals surface area contributed by atoms with Crippen LogP contribution < -0.4 is 5.32 Å². The first-order chi connectivity index (χ1) is 15.4. The van der Waals surface area contributed by atoms with E-state index in [2.05, 4.69) is 5.32 Å². The summed E-state index contributed by atoms with van der Waals surface area (Å²) in [4.78, 5) is 36.9. The molecule has 0 bridgehead atoms. The molecule has 0 aliphatic carbocycles. The molecule has 0 atom stereocenters. The second kappa shape index (κ2) is 10.4. The summed E-state index contributed by atoms with van der Waals surface area (Å²) in [5, 5.41) is 13.9. The molecule has 0 saturated heterocycles. The number of ether oxygens (including phenoxy) is 2. The minimum atomic E-state index is -2.07. The van der Waals surface area contributed by atoms with Crippen molar-refractivity contribution in [1.29, 1.82) is 0 Å². The first-order valence-electron chi connectivity index (χ1n) is 10.0. The molecule has 3 aromatic carbocycles. The highest BCUT2D eigenvalue weighted by Crippen LogP contribution is 2.31. The van der Waals surface area contributed by atoms with E-state index < -0.39 is 30.1 Å². The zero-order valence-corrected chi connectivity index (χ0v) is 17.5. The minimum absolute atomic E-state index is 0.265. The number of esters is 2. The lowest BCUT2D eigenvalue weighted by Gasteiger charge is -2.26. The Bertz CT molecular complexity index is 1030. The molecule has 1 amide bonds. The molecule has 0 aromatic heterocycles. The lowest BCUT2D eigenvalue weighted by Crippen LogP contribution is -2.39. The second-order valence-electron chi connectivity index (χ2n) is 6.86. The van der Waals surface area contributed by atoms with Gasteiger partial charge >= 0.3 is 11.9 Å². The topological polar surface area (TPSA) is 102 Å². The van der Waals surface area contributed by atoms with Gasteiger partial charge in [-0.25, -0.2) is 9.59 Å². The first-order valence-corrected chi connectivity index (χ1v) is 10.0. The standard InChI is InChI=1S/C25H23NO6/c1-2-31-23(28)18-13-15-21(16-14-18)26-22(27)17-32-24(29)25(30,19-9-5-3-6-10-19)20-11-7-4-8-12-20/h3-16,30H,2,17H2,1H3,(H,26,27). The van der Waals surface area contributed by atoms with Crippen molar-refractivity contribution >= 4 is 23.5 Å². The summed E-state index contributed by atoms with van der Waals surface area (Å²) in [7, 11) is 0. The Morgan fingerprint density at radius 2 is 1.34 bits per heavy atom. The Labute approximate surface area is 185 Å². The van der Waals surface area contributed by atoms with Gasteiger partial charge in [0.15, 0.2) is 6.61 Å². The number of benzene rings is 3. The molecule has 0 aliphatic heterocycles. The molecule has 164 valence electrons. The summed E-state index contributed by atoms with van der Waals surface area (Å²) in [6, 6.07) is 22.9. The van der Waals surface area contributed by atoms with Crippen LogP contribution in [0.25, 0.3) is 0 Å². The average Bonchev–Trinajstić information content (AvgIpc) is 2.83. The second-order valence-corrected chi connectivity index (χ2v) is 6.86. The van der Waals surface area contributed by atoms with Crippen LogP contribution in [0.2, 0.25) is 0 Å². The Morgan fingerprint density at radius 1 is 0.812 bits per heavy atom. The van der Waals surface area contributed by atoms with Crippen LogP contribution in [-0.2, 0) is 24.7 Å². The molecular weight excluding hydrogens is 410 g/mol. The van der Waals surface area contributed by atoms with Crippen LogP contribution in [0.3, 0.4) is 0 Å². The van der Waals surface area contributed by atoms with Crippen LogP contribution in [0, 0.1) is 0 Å². The zero-order valence-electron chi connectivity index (χ0n) is 17.5. The van der Waals surface area contributed by atoms with Crippen molar-refractivity contribution in [2.75, 3.05) is 18.5 Å². The van der Waals surface area contributed by atoms with Crippen molar-refractivity contribution in [3.05, 3.63) is 102 Å². The number of carbonyl (C=O) groups excluding carboxylic acids is 3. The van der Waals surface area contributed by atoms with Crippen molar-refractivity contribution in [1.82, 2.24) is 0 Å². The van der Waals surface area contributed by atoms with E-state index in [9.17, 15) is 19.5 Å². The Kier molecular flexibility index (Phi) is 7.36. The maximum absolute atomic E-state index is 12.9. The summed E-state index contributed by atoms with van der Waals surface area (Å²) < 4.78 is 10.1. The number of nitrogens with one attached hydrogen (secondary N) is 1. The maximum Gasteiger partial charge on any atom is 0.348 e. The van der Waals surface area contributed by atoms with Gasteiger partial charge in [-0.3, -0.25) is 4.79 Å². The fraction of sp³-hybridized carbons (Fsp3) is 0.160. The van der Waals surface area contributed by atoms with Crippen LogP contribution in [0.4, 0.5) is 5.69 Å². The third-order valence-corrected chi connectivity index (χ3v) is 4.69. The molecule has 3 aromatic rings. The van der Waals surface area contributed by atoms with Gasteiger partial charge in [-0.1, -0.05) is 60.7 Å². The summed E-state index contributed by atoms with van der Waals surface area (Å²) in [5.74, 6) is -2.02. The number of rotatable bonds is 8. The number of amides is 1. The molecule has 0 unspecified atom stereocenters. The van der Waals surface area contributed by atoms with Gasteiger partial charge in [0.2, 0.25) is 5.60 Å². The Hall–Kier alpha value is -3.97. The molecule has 0 spiro atoms. The van der Waals surface area contributed by atoms with Gasteiger partial charge in [0.05, 0.1) is 12.2 Å². The molecule has 0 heterocycles. The summed E-state index contributed by atoms with van der Waals surface area (Å²) in [6.45, 7) is 1.38. The van der Waals surface area contributed by atoms with Crippen LogP contribution >= 0.6 is 0 Å². The van der Waals surface area contributed by atoms with Crippen molar-refractivity contribution in [2.45, 2.75) is 12.5 Å². The van der Waals surface area contributed by atoms with Crippen molar-refractivity contribution < 1.29 is 29.0 Å². The molecular formula is C25H23NO6. The highest BCUT2D eigenvalue weighted by molar-refractivity contribution is 5.95. The summed E-state index contributed by atoms with van der Waals surface area (Å²) in [5.41, 5.74) is -0.644. The average molecular weight is 433 g/mol. The number of hydrogen-bond acceptors (Lipinski definition) is 6. The highest BCUT2D eigenvalue weighted by atomic mass is 16.6. The van der Waals surface area contributed by atoms with Gasteiger partial charge in [-0.05, 0) is 42.3 Å². The van der Waals surface area contributed by atoms with Gasteiger partial charge in [-0.15, -0.1) is 0 Å². The van der Waals surface area contributed by atoms with Gasteiger partial charge < -0.3 is 19.9 Å². The fourth-order valence-electron chi connectivity index (χ4n) is 3.10. The smallest absolute Gasteiger partial charge is 0.348 e. The largest absolute Gasteiger partial charge is 0.462 e. The minimum Gasteiger partial charge on any atom is -0.462 e. The molecule has 0 radical (unpaired) electrons. The maximum atomic E-state index is 12.9. The van der Waals surface area contributed by atoms with Crippen LogP contribution in [0.15, 0.2) is 84.9 Å². The molecule has 0 aliphatic rings. The summed E-state index contributed by atoms with van der Waals surface area (Å²) >= 11 is 0. The van der Waals surface area contributed by atoms with Gasteiger partial charge in [0.25, 0.3) is 5.91 Å². The van der Waals surface area contributed by atoms with Gasteiger partial charge in [-0.2, -0.15) is 0 Å². The number of anilines is 1. The van der Waals surface area contributed by atoms with E-state index in [1.807, 2.05) is 0 Å². The molecule has 7 heteroatoms. The van der Waals surface area contributed by atoms with Gasteiger partial charge in [0.1, 0.15) is 0 Å². The fourth-order valence-corrected chi connectivity index (χ4v) is 3.10. The zero-order chi connectivity index (χ0) is 23.0. The summed E-state index contributed by atoms with van der Waals surface area (Å²) in [6.07, 6.45) is 0. The Balaban J connectivity index is 1.67. The SMILES string of the molecule is CCOC(=O)c1ccc(NC(=O)COC(=O)C(O)(c2ccccc2)c2ccccc2)cc1. The van der Waals surface area contributed by atoms with Crippen molar-refractivity contribution in [3.8, 4) is 0 Å². The lowest BCUT2D eigenvalue weighted by molar-refractivity contribution is -0.163. The highest BCUT2D eigenvalue weighted by Gasteiger charge is 2.41. The molecule has 7 nitrogen and oxygen atoms in total. The molecule has 2 N–H and O–H groups in total. The van der Waals surface area contributed by atoms with Crippen LogP contribution in [0.5, 0.6) is 0 Å². The van der Waals surface area contributed by atoms with Crippen LogP contribution in [-0.4, -0.2) is 36.2 Å². The predicted octanol–water partition coefficient (Wildman–Crippen LogP) is 3.28. The third kappa shape index (κ3) is 5.19. The van der Waals surface area contributed by atoms with E-state index in [1.165, 1.54) is 24.3 Å². The van der Waals surface area contributed by atoms with E-state index >= 15 is 0 Å². The molecule has 32 heavy (non-hydrogen) atoms. The van der Waals surface area contributed by atoms with E-state index in [0.29, 0.717) is 22.4 Å². The first kappa shape index (κ1) is 22.7. The molecule has 0 fully saturated rings. The quantitative estimate of drug-likeness (QED) is 0.529. The van der Waals surface area contributed by atoms with E-state index in [-0.39, 0.29) is 6.61 Å². The predicted molar refractivity (Wildman–Crippen MR) is 118 cm³/mol. The molecule has 0 saturated carbocycles. The van der Waals surface area contributed by atoms with E-state index in [0.717, 1.165) is 0 Å². The van der Waals surface area contributed by atoms with Gasteiger partial charge in [0, 0.05) is 5.69 Å². The third-order valence-electron chi connectivity index (χ3n) is 4.69. The number of aliphatic hydroxyl groups is 1. The van der Waals surface area contributed by atoms with E-state index in [4.69, 9.17) is 9.47 Å². The monoisotopic (exact) mass is 433 g/mol. The van der Waals surface area contributed by atoms with E-state index in [1.54, 1.807) is 67.6 Å². The normalized spacial score (nSPS) is 10.8. The van der Waals surface area contributed by atoms with Crippen molar-refractivity contribution in [2.24, 2.45) is 0 Å². The molecule has 3 rings (SSSR count).